The van der Waals surface area contributed by atoms with Gasteiger partial charge in [-0.15, -0.1) is 0 Å². The number of rotatable bonds is 2. The first-order valence-electron chi connectivity index (χ1n) is 6.40. The van der Waals surface area contributed by atoms with Gasteiger partial charge in [-0.1, -0.05) is 60.7 Å². The highest BCUT2D eigenvalue weighted by Crippen LogP contribution is 2.25. The second kappa shape index (κ2) is 5.17. The monoisotopic (exact) mass is 277 g/mol. The number of amides is 1. The molecule has 0 radical (unpaired) electrons. The van der Waals surface area contributed by atoms with E-state index in [0.717, 1.165) is 0 Å². The van der Waals surface area contributed by atoms with Crippen LogP contribution in [0.4, 0.5) is 0 Å². The van der Waals surface area contributed by atoms with E-state index >= 15 is 0 Å². The highest BCUT2D eigenvalue weighted by molar-refractivity contribution is 6.59. The van der Waals surface area contributed by atoms with Crippen LogP contribution in [0.1, 0.15) is 11.1 Å². The molecule has 2 aromatic rings. The number of Topliss-reactive ketones (excluding diaryl/α,β-unsaturated/α-hetero) is 1. The Labute approximate surface area is 121 Å². The molecule has 0 bridgehead atoms. The van der Waals surface area contributed by atoms with E-state index in [0.29, 0.717) is 11.1 Å². The van der Waals surface area contributed by atoms with Crippen molar-refractivity contribution < 1.29 is 14.7 Å². The molecule has 1 aliphatic heterocycles. The van der Waals surface area contributed by atoms with Gasteiger partial charge < -0.3 is 5.11 Å². The van der Waals surface area contributed by atoms with Gasteiger partial charge in [0, 0.05) is 11.1 Å². The molecule has 0 fully saturated rings. The molecule has 4 heteroatoms. The molecular formula is C17H11NO3. The number of carbonyl (C=O) groups excluding carboxylic acids is 2. The zero-order valence-corrected chi connectivity index (χ0v) is 11.0. The van der Waals surface area contributed by atoms with Crippen molar-refractivity contribution in [1.82, 2.24) is 0 Å². The minimum Gasteiger partial charge on any atom is -0.506 e. The Kier molecular flexibility index (Phi) is 3.20. The molecule has 0 atom stereocenters. The first kappa shape index (κ1) is 13.0. The van der Waals surface area contributed by atoms with Crippen molar-refractivity contribution >= 4 is 23.2 Å². The van der Waals surface area contributed by atoms with Gasteiger partial charge in [0.05, 0.1) is 11.3 Å². The number of aliphatic hydroxyl groups is 1. The van der Waals surface area contributed by atoms with E-state index in [1.165, 1.54) is 0 Å². The van der Waals surface area contributed by atoms with Gasteiger partial charge in [0.2, 0.25) is 0 Å². The Morgan fingerprint density at radius 2 is 1.43 bits per heavy atom. The van der Waals surface area contributed by atoms with Gasteiger partial charge in [-0.05, 0) is 0 Å². The largest absolute Gasteiger partial charge is 0.506 e. The van der Waals surface area contributed by atoms with Crippen LogP contribution >= 0.6 is 0 Å². The molecule has 1 aliphatic rings. The van der Waals surface area contributed by atoms with Crippen molar-refractivity contribution in [3.05, 3.63) is 77.4 Å². The molecule has 0 saturated carbocycles. The van der Waals surface area contributed by atoms with Crippen molar-refractivity contribution in [2.24, 2.45) is 4.99 Å². The first-order chi connectivity index (χ1) is 10.2. The Bertz CT molecular complexity index is 774. The summed E-state index contributed by atoms with van der Waals surface area (Å²) < 4.78 is 0. The molecule has 1 N–H and O–H groups in total. The van der Waals surface area contributed by atoms with Crippen LogP contribution in [-0.4, -0.2) is 22.5 Å². The average Bonchev–Trinajstić information content (AvgIpc) is 2.84. The summed E-state index contributed by atoms with van der Waals surface area (Å²) in [5.41, 5.74) is 1.26. The lowest BCUT2D eigenvalue weighted by molar-refractivity contribution is -0.132. The number of hydrogen-bond acceptors (Lipinski definition) is 3. The van der Waals surface area contributed by atoms with E-state index in [1.807, 2.05) is 6.07 Å². The van der Waals surface area contributed by atoms with Crippen LogP contribution < -0.4 is 0 Å². The maximum Gasteiger partial charge on any atom is 0.318 e. The van der Waals surface area contributed by atoms with E-state index in [2.05, 4.69) is 4.99 Å². The maximum absolute atomic E-state index is 12.0. The minimum atomic E-state index is -0.855. The summed E-state index contributed by atoms with van der Waals surface area (Å²) >= 11 is 0. The van der Waals surface area contributed by atoms with E-state index in [9.17, 15) is 14.7 Å². The van der Waals surface area contributed by atoms with Crippen molar-refractivity contribution in [3.63, 3.8) is 0 Å². The quantitative estimate of drug-likeness (QED) is 0.521. The third-order valence-corrected chi connectivity index (χ3v) is 3.20. The second-order valence-corrected chi connectivity index (χ2v) is 4.55. The summed E-state index contributed by atoms with van der Waals surface area (Å²) in [7, 11) is 0. The minimum absolute atomic E-state index is 0.0441. The summed E-state index contributed by atoms with van der Waals surface area (Å²) in [6.45, 7) is 0. The molecular weight excluding hydrogens is 266 g/mol. The summed E-state index contributed by atoms with van der Waals surface area (Å²) in [5, 5.41) is 10.4. The third kappa shape index (κ3) is 2.27. The number of aliphatic imine (C=N–C) groups is 1. The second-order valence-electron chi connectivity index (χ2n) is 4.55. The molecule has 3 rings (SSSR count). The smallest absolute Gasteiger partial charge is 0.318 e. The van der Waals surface area contributed by atoms with Gasteiger partial charge in [0.25, 0.3) is 5.78 Å². The Hall–Kier alpha value is -3.01. The molecule has 0 aliphatic carbocycles. The lowest BCUT2D eigenvalue weighted by Crippen LogP contribution is -2.13. The number of ketones is 1. The fraction of sp³-hybridized carbons (Fsp3) is 0. The van der Waals surface area contributed by atoms with Crippen LogP contribution in [0.15, 0.2) is 71.2 Å². The van der Waals surface area contributed by atoms with E-state index < -0.39 is 11.7 Å². The zero-order chi connectivity index (χ0) is 14.8. The third-order valence-electron chi connectivity index (χ3n) is 3.20. The average molecular weight is 277 g/mol. The van der Waals surface area contributed by atoms with Crippen LogP contribution in [0, 0.1) is 0 Å². The summed E-state index contributed by atoms with van der Waals surface area (Å²) in [6, 6.07) is 17.5. The number of nitrogens with zero attached hydrogens (tertiary/aromatic N) is 1. The molecule has 102 valence electrons. The highest BCUT2D eigenvalue weighted by atomic mass is 16.3. The molecule has 0 spiro atoms. The van der Waals surface area contributed by atoms with E-state index in [-0.39, 0.29) is 17.0 Å². The lowest BCUT2D eigenvalue weighted by Gasteiger charge is -2.06. The molecule has 21 heavy (non-hydrogen) atoms. The van der Waals surface area contributed by atoms with Crippen molar-refractivity contribution in [1.29, 1.82) is 0 Å². The van der Waals surface area contributed by atoms with E-state index in [1.54, 1.807) is 54.6 Å². The topological polar surface area (TPSA) is 66.7 Å². The Morgan fingerprint density at radius 1 is 0.857 bits per heavy atom. The van der Waals surface area contributed by atoms with Gasteiger partial charge >= 0.3 is 5.91 Å². The molecule has 4 nitrogen and oxygen atoms in total. The summed E-state index contributed by atoms with van der Waals surface area (Å²) in [4.78, 5) is 27.4. The van der Waals surface area contributed by atoms with Gasteiger partial charge in [-0.2, -0.15) is 0 Å². The Balaban J connectivity index is 2.18. The Morgan fingerprint density at radius 3 is 2.05 bits per heavy atom. The molecule has 1 heterocycles. The van der Waals surface area contributed by atoms with Crippen LogP contribution in [0.5, 0.6) is 0 Å². The van der Waals surface area contributed by atoms with Gasteiger partial charge in [-0.3, -0.25) is 9.59 Å². The molecule has 0 unspecified atom stereocenters. The van der Waals surface area contributed by atoms with Gasteiger partial charge in [0.15, 0.2) is 0 Å². The predicted molar refractivity (Wildman–Crippen MR) is 79.0 cm³/mol. The van der Waals surface area contributed by atoms with Crippen LogP contribution in [-0.2, 0) is 9.59 Å². The predicted octanol–water partition coefficient (Wildman–Crippen LogP) is 2.55. The number of carbonyl (C=O) groups is 2. The molecule has 2 aromatic carbocycles. The SMILES string of the molecule is O=C1N=C(c2ccccc2)C(=C(O)c2ccccc2)C1=O. The fourth-order valence-electron chi connectivity index (χ4n) is 2.19. The fourth-order valence-corrected chi connectivity index (χ4v) is 2.19. The summed E-state index contributed by atoms with van der Waals surface area (Å²) in [5.74, 6) is -1.87. The standard InChI is InChI=1S/C17H11NO3/c19-15(12-9-5-2-6-10-12)13-14(18-17(21)16(13)20)11-7-3-1-4-8-11/h1-10,19H. The van der Waals surface area contributed by atoms with E-state index in [4.69, 9.17) is 0 Å². The van der Waals surface area contributed by atoms with Crippen LogP contribution in [0.3, 0.4) is 0 Å². The van der Waals surface area contributed by atoms with Gasteiger partial charge in [-0.25, -0.2) is 4.99 Å². The maximum atomic E-state index is 12.0. The number of aliphatic hydroxyl groups excluding tert-OH is 1. The normalized spacial score (nSPS) is 16.9. The van der Waals surface area contributed by atoms with Gasteiger partial charge in [0.1, 0.15) is 5.76 Å². The number of hydrogen-bond donors (Lipinski definition) is 1. The van der Waals surface area contributed by atoms with Crippen molar-refractivity contribution in [2.75, 3.05) is 0 Å². The highest BCUT2D eigenvalue weighted by Gasteiger charge is 2.34. The van der Waals surface area contributed by atoms with Crippen LogP contribution in [0.25, 0.3) is 5.76 Å². The molecule has 1 amide bonds. The number of benzene rings is 2. The summed E-state index contributed by atoms with van der Waals surface area (Å²) in [6.07, 6.45) is 0. The molecule has 0 saturated heterocycles. The van der Waals surface area contributed by atoms with Crippen molar-refractivity contribution in [2.45, 2.75) is 0 Å². The lowest BCUT2D eigenvalue weighted by atomic mass is 9.97. The first-order valence-corrected chi connectivity index (χ1v) is 6.40. The zero-order valence-electron chi connectivity index (χ0n) is 11.0. The van der Waals surface area contributed by atoms with Crippen LogP contribution in [0.2, 0.25) is 0 Å². The molecule has 0 aromatic heterocycles. The van der Waals surface area contributed by atoms with Crippen molar-refractivity contribution in [3.8, 4) is 0 Å².